The maximum atomic E-state index is 11.6. The van der Waals surface area contributed by atoms with Gasteiger partial charge < -0.3 is 0 Å². The Morgan fingerprint density at radius 3 is 2.20 bits per heavy atom. The van der Waals surface area contributed by atoms with Crippen LogP contribution in [0.3, 0.4) is 0 Å². The first-order valence-electron chi connectivity index (χ1n) is 5.33. The van der Waals surface area contributed by atoms with E-state index in [-0.39, 0.29) is 11.8 Å². The fourth-order valence-corrected chi connectivity index (χ4v) is 2.74. The first-order valence-corrected chi connectivity index (χ1v) is 6.77. The minimum Gasteiger partial charge on any atom is -0.274 e. The third-order valence-electron chi connectivity index (χ3n) is 2.75. The van der Waals surface area contributed by atoms with Crippen molar-refractivity contribution < 1.29 is 13.2 Å². The summed E-state index contributed by atoms with van der Waals surface area (Å²) in [6.45, 7) is 4.25. The van der Waals surface area contributed by atoms with Crippen molar-refractivity contribution in [2.45, 2.75) is 33.1 Å². The van der Waals surface area contributed by atoms with Crippen LogP contribution in [0.15, 0.2) is 0 Å². The van der Waals surface area contributed by atoms with Crippen molar-refractivity contribution in [3.63, 3.8) is 0 Å². The van der Waals surface area contributed by atoms with Crippen LogP contribution in [-0.2, 0) is 15.0 Å². The van der Waals surface area contributed by atoms with Gasteiger partial charge in [-0.15, -0.1) is 0 Å². The van der Waals surface area contributed by atoms with Gasteiger partial charge in [-0.25, -0.2) is 4.72 Å². The lowest BCUT2D eigenvalue weighted by atomic mass is 9.85. The van der Waals surface area contributed by atoms with Gasteiger partial charge in [0.1, 0.15) is 0 Å². The van der Waals surface area contributed by atoms with Gasteiger partial charge >= 0.3 is 10.2 Å². The topological polar surface area (TPSA) is 66.5 Å². The Bertz CT molecular complexity index is 318. The lowest BCUT2D eigenvalue weighted by Crippen LogP contribution is -2.46. The summed E-state index contributed by atoms with van der Waals surface area (Å²) in [5, 5.41) is 0. The van der Waals surface area contributed by atoms with Crippen molar-refractivity contribution in [2.24, 2.45) is 5.92 Å². The predicted molar refractivity (Wildman–Crippen MR) is 57.3 cm³/mol. The smallest absolute Gasteiger partial charge is 0.274 e. The molecule has 0 unspecified atom stereocenters. The Labute approximate surface area is 91.0 Å². The SMILES string of the molecule is CCN(CC)S(=O)(=O)NC(=O)C1CCC1. The van der Waals surface area contributed by atoms with Gasteiger partial charge in [0, 0.05) is 19.0 Å². The summed E-state index contributed by atoms with van der Waals surface area (Å²) < 4.78 is 26.6. The lowest BCUT2D eigenvalue weighted by Gasteiger charge is -2.26. The monoisotopic (exact) mass is 234 g/mol. The number of nitrogens with zero attached hydrogens (tertiary/aromatic N) is 1. The van der Waals surface area contributed by atoms with Gasteiger partial charge in [0.25, 0.3) is 0 Å². The van der Waals surface area contributed by atoms with Gasteiger partial charge in [-0.2, -0.15) is 12.7 Å². The molecule has 0 aromatic carbocycles. The van der Waals surface area contributed by atoms with Crippen molar-refractivity contribution in [2.75, 3.05) is 13.1 Å². The summed E-state index contributed by atoms with van der Waals surface area (Å²) in [6.07, 6.45) is 2.63. The summed E-state index contributed by atoms with van der Waals surface area (Å²) in [6, 6.07) is 0. The number of nitrogens with one attached hydrogen (secondary N) is 1. The van der Waals surface area contributed by atoms with E-state index < -0.39 is 10.2 Å². The standard InChI is InChI=1S/C9H18N2O3S/c1-3-11(4-2)15(13,14)10-9(12)8-6-5-7-8/h8H,3-7H2,1-2H3,(H,10,12). The Morgan fingerprint density at radius 2 is 1.87 bits per heavy atom. The average Bonchev–Trinajstić information content (AvgIpc) is 2.00. The van der Waals surface area contributed by atoms with E-state index in [4.69, 9.17) is 0 Å². The van der Waals surface area contributed by atoms with Crippen LogP contribution < -0.4 is 4.72 Å². The number of carbonyl (C=O) groups is 1. The molecule has 0 aromatic heterocycles. The second-order valence-electron chi connectivity index (χ2n) is 3.68. The number of hydrogen-bond donors (Lipinski definition) is 1. The molecule has 1 aliphatic rings. The highest BCUT2D eigenvalue weighted by Gasteiger charge is 2.30. The van der Waals surface area contributed by atoms with E-state index in [1.54, 1.807) is 13.8 Å². The van der Waals surface area contributed by atoms with Crippen LogP contribution in [0.1, 0.15) is 33.1 Å². The predicted octanol–water partition coefficient (Wildman–Crippen LogP) is 0.489. The molecule has 1 N–H and O–H groups in total. The molecule has 0 saturated heterocycles. The highest BCUT2D eigenvalue weighted by Crippen LogP contribution is 2.26. The first kappa shape index (κ1) is 12.4. The summed E-state index contributed by atoms with van der Waals surface area (Å²) in [4.78, 5) is 11.5. The van der Waals surface area contributed by atoms with E-state index in [0.29, 0.717) is 13.1 Å². The van der Waals surface area contributed by atoms with E-state index in [9.17, 15) is 13.2 Å². The van der Waals surface area contributed by atoms with Crippen molar-refractivity contribution in [1.29, 1.82) is 0 Å². The van der Waals surface area contributed by atoms with Crippen LogP contribution in [-0.4, -0.2) is 31.7 Å². The van der Waals surface area contributed by atoms with Crippen molar-refractivity contribution in [1.82, 2.24) is 9.03 Å². The Balaban J connectivity index is 2.58. The molecular formula is C9H18N2O3S. The number of amides is 1. The van der Waals surface area contributed by atoms with Gasteiger partial charge in [0.15, 0.2) is 0 Å². The van der Waals surface area contributed by atoms with Gasteiger partial charge in [-0.05, 0) is 12.8 Å². The zero-order chi connectivity index (χ0) is 11.5. The van der Waals surface area contributed by atoms with Crippen molar-refractivity contribution >= 4 is 16.1 Å². The molecule has 5 nitrogen and oxygen atoms in total. The molecular weight excluding hydrogens is 216 g/mol. The minimum absolute atomic E-state index is 0.102. The second-order valence-corrected chi connectivity index (χ2v) is 5.35. The van der Waals surface area contributed by atoms with Crippen LogP contribution >= 0.6 is 0 Å². The van der Waals surface area contributed by atoms with Crippen molar-refractivity contribution in [3.8, 4) is 0 Å². The molecule has 15 heavy (non-hydrogen) atoms. The first-order chi connectivity index (χ1) is 7.01. The fourth-order valence-electron chi connectivity index (χ4n) is 1.51. The zero-order valence-corrected chi connectivity index (χ0v) is 10.0. The van der Waals surface area contributed by atoms with Crippen LogP contribution in [0.4, 0.5) is 0 Å². The quantitative estimate of drug-likeness (QED) is 0.753. The lowest BCUT2D eigenvalue weighted by molar-refractivity contribution is -0.125. The minimum atomic E-state index is -3.61. The summed E-state index contributed by atoms with van der Waals surface area (Å²) >= 11 is 0. The van der Waals surface area contributed by atoms with Gasteiger partial charge in [0.2, 0.25) is 5.91 Å². The van der Waals surface area contributed by atoms with E-state index in [0.717, 1.165) is 19.3 Å². The molecule has 0 bridgehead atoms. The Kier molecular flexibility index (Phi) is 4.10. The molecule has 1 rings (SSSR count). The maximum Gasteiger partial charge on any atom is 0.303 e. The van der Waals surface area contributed by atoms with Crippen molar-refractivity contribution in [3.05, 3.63) is 0 Å². The fraction of sp³-hybridized carbons (Fsp3) is 0.889. The van der Waals surface area contributed by atoms with E-state index in [1.165, 1.54) is 4.31 Å². The molecule has 0 aromatic rings. The van der Waals surface area contributed by atoms with Crippen LogP contribution in [0, 0.1) is 5.92 Å². The molecule has 1 aliphatic carbocycles. The van der Waals surface area contributed by atoms with Gasteiger partial charge in [-0.1, -0.05) is 20.3 Å². The van der Waals surface area contributed by atoms with Crippen LogP contribution in [0.25, 0.3) is 0 Å². The molecule has 1 fully saturated rings. The Hall–Kier alpha value is -0.620. The molecule has 0 heterocycles. The molecule has 88 valence electrons. The number of rotatable bonds is 5. The molecule has 0 atom stereocenters. The van der Waals surface area contributed by atoms with E-state index in [2.05, 4.69) is 4.72 Å². The molecule has 6 heteroatoms. The summed E-state index contributed by atoms with van der Waals surface area (Å²) in [5.41, 5.74) is 0. The van der Waals surface area contributed by atoms with E-state index >= 15 is 0 Å². The summed E-state index contributed by atoms with van der Waals surface area (Å²) in [7, 11) is -3.61. The van der Waals surface area contributed by atoms with Crippen LogP contribution in [0.2, 0.25) is 0 Å². The largest absolute Gasteiger partial charge is 0.303 e. The Morgan fingerprint density at radius 1 is 1.33 bits per heavy atom. The summed E-state index contributed by atoms with van der Waals surface area (Å²) in [5.74, 6) is -0.455. The number of hydrogen-bond acceptors (Lipinski definition) is 3. The third kappa shape index (κ3) is 2.92. The second kappa shape index (κ2) is 4.94. The van der Waals surface area contributed by atoms with Crippen LogP contribution in [0.5, 0.6) is 0 Å². The highest BCUT2D eigenvalue weighted by atomic mass is 32.2. The van der Waals surface area contributed by atoms with Gasteiger partial charge in [-0.3, -0.25) is 4.79 Å². The molecule has 0 aliphatic heterocycles. The highest BCUT2D eigenvalue weighted by molar-refractivity contribution is 7.87. The maximum absolute atomic E-state index is 11.6. The molecule has 1 saturated carbocycles. The molecule has 0 radical (unpaired) electrons. The molecule has 1 amide bonds. The van der Waals surface area contributed by atoms with Gasteiger partial charge in [0.05, 0.1) is 0 Å². The van der Waals surface area contributed by atoms with E-state index in [1.807, 2.05) is 0 Å². The normalized spacial score (nSPS) is 17.5. The average molecular weight is 234 g/mol. The molecule has 0 spiro atoms. The zero-order valence-electron chi connectivity index (χ0n) is 9.19. The number of carbonyl (C=O) groups excluding carboxylic acids is 1. The third-order valence-corrected chi connectivity index (χ3v) is 4.41.